The summed E-state index contributed by atoms with van der Waals surface area (Å²) in [6.07, 6.45) is 1.63. The van der Waals surface area contributed by atoms with Gasteiger partial charge in [-0.15, -0.1) is 0 Å². The third kappa shape index (κ3) is 8.53. The van der Waals surface area contributed by atoms with Crippen molar-refractivity contribution >= 4 is 34.9 Å². The smallest absolute Gasteiger partial charge is 0.153 e. The van der Waals surface area contributed by atoms with E-state index in [-0.39, 0.29) is 11.1 Å². The minimum Gasteiger partial charge on any atom is -0.491 e. The van der Waals surface area contributed by atoms with Crippen molar-refractivity contribution in [3.8, 4) is 23.6 Å². The average Bonchev–Trinajstić information content (AvgIpc) is 2.96. The highest BCUT2D eigenvalue weighted by molar-refractivity contribution is 8.02. The Bertz CT molecular complexity index is 1420. The van der Waals surface area contributed by atoms with Crippen LogP contribution in [-0.2, 0) is 0 Å². The fraction of sp³-hybridized carbons (Fsp3) is 0.412. The van der Waals surface area contributed by atoms with Gasteiger partial charge in [-0.1, -0.05) is 69.4 Å². The first-order valence-corrected chi connectivity index (χ1v) is 16.2. The number of nitrogens with two attached hydrogens (primary N) is 1. The summed E-state index contributed by atoms with van der Waals surface area (Å²) in [5, 5.41) is 20.8. The molecule has 0 saturated heterocycles. The Morgan fingerprint density at radius 2 is 1.33 bits per heavy atom. The second-order valence-electron chi connectivity index (χ2n) is 10.8. The lowest BCUT2D eigenvalue weighted by atomic mass is 10.1. The van der Waals surface area contributed by atoms with E-state index < -0.39 is 0 Å². The SMILES string of the molecule is CCN(CC)c1cccc(Sc2c(OCCC(C)C)c(C#N)c(C#N)c(OCCC(C)C)c2Sc2ccccc2N)c1. The van der Waals surface area contributed by atoms with Gasteiger partial charge in [0.25, 0.3) is 0 Å². The monoisotopic (exact) mass is 602 g/mol. The Kier molecular flexibility index (Phi) is 12.8. The molecule has 0 radical (unpaired) electrons. The van der Waals surface area contributed by atoms with Crippen LogP contribution in [0.1, 0.15) is 65.5 Å². The normalized spacial score (nSPS) is 10.9. The summed E-state index contributed by atoms with van der Waals surface area (Å²) < 4.78 is 12.8. The quantitative estimate of drug-likeness (QED) is 0.172. The molecule has 0 aliphatic carbocycles. The van der Waals surface area contributed by atoms with Gasteiger partial charge in [0.15, 0.2) is 11.5 Å². The van der Waals surface area contributed by atoms with Gasteiger partial charge in [-0.25, -0.2) is 0 Å². The molecule has 8 heteroatoms. The molecule has 0 atom stereocenters. The lowest BCUT2D eigenvalue weighted by molar-refractivity contribution is 0.269. The van der Waals surface area contributed by atoms with Crippen LogP contribution in [0.25, 0.3) is 0 Å². The Labute approximate surface area is 260 Å². The van der Waals surface area contributed by atoms with E-state index in [0.717, 1.165) is 51.2 Å². The van der Waals surface area contributed by atoms with Crippen molar-refractivity contribution < 1.29 is 9.47 Å². The fourth-order valence-electron chi connectivity index (χ4n) is 4.26. The van der Waals surface area contributed by atoms with E-state index >= 15 is 0 Å². The van der Waals surface area contributed by atoms with Gasteiger partial charge in [-0.2, -0.15) is 10.5 Å². The zero-order chi connectivity index (χ0) is 30.6. The lowest BCUT2D eigenvalue weighted by Crippen LogP contribution is -2.21. The third-order valence-electron chi connectivity index (χ3n) is 6.73. The van der Waals surface area contributed by atoms with Crippen molar-refractivity contribution in [2.45, 2.75) is 74.0 Å². The molecule has 222 valence electrons. The third-order valence-corrected chi connectivity index (χ3v) is 9.12. The van der Waals surface area contributed by atoms with E-state index in [4.69, 9.17) is 15.2 Å². The molecule has 0 heterocycles. The lowest BCUT2D eigenvalue weighted by Gasteiger charge is -2.24. The second kappa shape index (κ2) is 16.2. The molecular formula is C34H42N4O2S2. The van der Waals surface area contributed by atoms with E-state index in [1.165, 1.54) is 23.5 Å². The average molecular weight is 603 g/mol. The first kappa shape index (κ1) is 33.0. The van der Waals surface area contributed by atoms with Crippen LogP contribution in [0.15, 0.2) is 68.1 Å². The molecule has 2 N–H and O–H groups in total. The topological polar surface area (TPSA) is 95.3 Å². The van der Waals surface area contributed by atoms with E-state index in [1.807, 2.05) is 30.3 Å². The van der Waals surface area contributed by atoms with Crippen molar-refractivity contribution in [2.75, 3.05) is 36.9 Å². The zero-order valence-electron chi connectivity index (χ0n) is 25.6. The Balaban J connectivity index is 2.31. The molecule has 0 amide bonds. The van der Waals surface area contributed by atoms with Crippen molar-refractivity contribution in [3.63, 3.8) is 0 Å². The van der Waals surface area contributed by atoms with Crippen LogP contribution in [0.5, 0.6) is 11.5 Å². The highest BCUT2D eigenvalue weighted by Crippen LogP contribution is 2.53. The Hall–Kier alpha value is -3.46. The summed E-state index contributed by atoms with van der Waals surface area (Å²) in [4.78, 5) is 5.61. The molecule has 0 aliphatic heterocycles. The van der Waals surface area contributed by atoms with Crippen LogP contribution in [-0.4, -0.2) is 26.3 Å². The van der Waals surface area contributed by atoms with E-state index in [2.05, 4.69) is 76.8 Å². The van der Waals surface area contributed by atoms with E-state index in [1.54, 1.807) is 0 Å². The second-order valence-corrected chi connectivity index (χ2v) is 12.9. The number of nitrogen functional groups attached to an aromatic ring is 1. The maximum absolute atomic E-state index is 10.4. The summed E-state index contributed by atoms with van der Waals surface area (Å²) in [5.74, 6) is 1.66. The van der Waals surface area contributed by atoms with Crippen LogP contribution in [0.2, 0.25) is 0 Å². The number of hydrogen-bond acceptors (Lipinski definition) is 8. The van der Waals surface area contributed by atoms with Gasteiger partial charge in [0.2, 0.25) is 0 Å². The van der Waals surface area contributed by atoms with Gasteiger partial charge < -0.3 is 20.1 Å². The number of rotatable bonds is 15. The number of ether oxygens (including phenoxy) is 2. The highest BCUT2D eigenvalue weighted by atomic mass is 32.2. The Morgan fingerprint density at radius 3 is 1.83 bits per heavy atom. The van der Waals surface area contributed by atoms with Crippen molar-refractivity contribution in [3.05, 3.63) is 59.7 Å². The molecule has 0 spiro atoms. The summed E-state index contributed by atoms with van der Waals surface area (Å²) in [5.41, 5.74) is 8.54. The number of hydrogen-bond donors (Lipinski definition) is 1. The molecule has 42 heavy (non-hydrogen) atoms. The zero-order valence-corrected chi connectivity index (χ0v) is 27.2. The number of para-hydroxylation sites is 1. The van der Waals surface area contributed by atoms with E-state index in [9.17, 15) is 10.5 Å². The molecule has 3 rings (SSSR count). The number of anilines is 2. The minimum absolute atomic E-state index is 0.194. The van der Waals surface area contributed by atoms with Gasteiger partial charge in [0.05, 0.1) is 23.0 Å². The maximum Gasteiger partial charge on any atom is 0.153 e. The van der Waals surface area contributed by atoms with E-state index in [0.29, 0.717) is 42.2 Å². The van der Waals surface area contributed by atoms with Crippen molar-refractivity contribution in [2.24, 2.45) is 11.8 Å². The predicted molar refractivity (Wildman–Crippen MR) is 175 cm³/mol. The van der Waals surface area contributed by atoms with Crippen LogP contribution in [0.3, 0.4) is 0 Å². The van der Waals surface area contributed by atoms with Crippen LogP contribution >= 0.6 is 23.5 Å². The van der Waals surface area contributed by atoms with Gasteiger partial charge in [0, 0.05) is 34.3 Å². The van der Waals surface area contributed by atoms with Crippen LogP contribution in [0, 0.1) is 34.5 Å². The summed E-state index contributed by atoms with van der Waals surface area (Å²) in [6.45, 7) is 15.4. The molecule has 3 aromatic rings. The Morgan fingerprint density at radius 1 is 0.786 bits per heavy atom. The maximum atomic E-state index is 10.4. The van der Waals surface area contributed by atoms with Gasteiger partial charge in [-0.05, 0) is 68.9 Å². The largest absolute Gasteiger partial charge is 0.491 e. The molecular weight excluding hydrogens is 561 g/mol. The summed E-state index contributed by atoms with van der Waals surface area (Å²) in [7, 11) is 0. The molecule has 6 nitrogen and oxygen atoms in total. The molecule has 0 fully saturated rings. The van der Waals surface area contributed by atoms with Gasteiger partial charge >= 0.3 is 0 Å². The fourth-order valence-corrected chi connectivity index (χ4v) is 6.50. The van der Waals surface area contributed by atoms with Gasteiger partial charge in [-0.3, -0.25) is 0 Å². The minimum atomic E-state index is 0.194. The van der Waals surface area contributed by atoms with Gasteiger partial charge in [0.1, 0.15) is 23.3 Å². The molecule has 3 aromatic carbocycles. The van der Waals surface area contributed by atoms with Crippen molar-refractivity contribution in [1.82, 2.24) is 0 Å². The first-order valence-electron chi connectivity index (χ1n) is 14.6. The summed E-state index contributed by atoms with van der Waals surface area (Å²) >= 11 is 2.97. The first-order chi connectivity index (χ1) is 20.2. The number of nitrogens with zero attached hydrogens (tertiary/aromatic N) is 3. The molecule has 0 saturated carbocycles. The predicted octanol–water partition coefficient (Wildman–Crippen LogP) is 9.01. The number of nitriles is 2. The molecule has 0 bridgehead atoms. The molecule has 0 aromatic heterocycles. The molecule has 0 aliphatic rings. The summed E-state index contributed by atoms with van der Waals surface area (Å²) in [6, 6.07) is 20.6. The number of benzene rings is 3. The standard InChI is InChI=1S/C34H42N4O2S2/c1-7-38(8-2)25-12-11-13-26(20-25)41-33-31(39-18-16-23(3)4)27(21-35)28(22-36)32(40-19-17-24(5)6)34(33)42-30-15-10-9-14-29(30)37/h9-15,20,23-24H,7-8,16-19,37H2,1-6H3. The van der Waals surface area contributed by atoms with Crippen LogP contribution < -0.4 is 20.1 Å². The molecule has 0 unspecified atom stereocenters. The highest BCUT2D eigenvalue weighted by Gasteiger charge is 2.29. The van der Waals surface area contributed by atoms with Crippen LogP contribution in [0.4, 0.5) is 11.4 Å². The van der Waals surface area contributed by atoms with Crippen molar-refractivity contribution in [1.29, 1.82) is 10.5 Å².